The van der Waals surface area contributed by atoms with Gasteiger partial charge in [-0.3, -0.25) is 4.79 Å². The number of hydrogen-bond donors (Lipinski definition) is 2. The molecule has 0 spiro atoms. The molecule has 0 bridgehead atoms. The molecular weight excluding hydrogens is 176 g/mol. The maximum atomic E-state index is 11.4. The average Bonchev–Trinajstić information content (AvgIpc) is 2.11. The lowest BCUT2D eigenvalue weighted by Gasteiger charge is -2.24. The van der Waals surface area contributed by atoms with Crippen molar-refractivity contribution in [2.75, 3.05) is 13.1 Å². The second-order valence-corrected chi connectivity index (χ2v) is 4.48. The predicted molar refractivity (Wildman–Crippen MR) is 57.8 cm³/mol. The largest absolute Gasteiger partial charge is 0.356 e. The molecule has 1 fully saturated rings. The van der Waals surface area contributed by atoms with Crippen molar-refractivity contribution in [1.82, 2.24) is 5.32 Å². The van der Waals surface area contributed by atoms with Gasteiger partial charge in [0.25, 0.3) is 0 Å². The summed E-state index contributed by atoms with van der Waals surface area (Å²) in [6.07, 6.45) is 5.78. The van der Waals surface area contributed by atoms with Crippen LogP contribution in [-0.4, -0.2) is 19.0 Å². The van der Waals surface area contributed by atoms with Gasteiger partial charge in [-0.05, 0) is 24.8 Å². The Morgan fingerprint density at radius 2 is 2.29 bits per heavy atom. The Labute approximate surface area is 86.4 Å². The topological polar surface area (TPSA) is 55.1 Å². The van der Waals surface area contributed by atoms with Crippen molar-refractivity contribution < 1.29 is 4.79 Å². The number of carbonyl (C=O) groups is 1. The lowest BCUT2D eigenvalue weighted by molar-refractivity contribution is -0.121. The standard InChI is InChI=1S/C11H22N2O/c1-9(7-12)8-13-11(14)6-5-10-3-2-4-10/h9-10H,2-8,12H2,1H3,(H,13,14). The molecule has 1 amide bonds. The Hall–Kier alpha value is -0.570. The molecule has 3 heteroatoms. The summed E-state index contributed by atoms with van der Waals surface area (Å²) >= 11 is 0. The van der Waals surface area contributed by atoms with Gasteiger partial charge in [0, 0.05) is 13.0 Å². The molecule has 0 aromatic heterocycles. The zero-order valence-electron chi connectivity index (χ0n) is 9.09. The summed E-state index contributed by atoms with van der Waals surface area (Å²) in [6.45, 7) is 3.41. The second-order valence-electron chi connectivity index (χ2n) is 4.48. The van der Waals surface area contributed by atoms with Crippen molar-refractivity contribution in [3.05, 3.63) is 0 Å². The molecule has 82 valence electrons. The molecular formula is C11H22N2O. The van der Waals surface area contributed by atoms with Crippen molar-refractivity contribution in [3.8, 4) is 0 Å². The molecule has 0 saturated heterocycles. The van der Waals surface area contributed by atoms with E-state index in [1.54, 1.807) is 0 Å². The molecule has 0 aromatic carbocycles. The number of carbonyl (C=O) groups excluding carboxylic acids is 1. The Morgan fingerprint density at radius 1 is 1.57 bits per heavy atom. The lowest BCUT2D eigenvalue weighted by Crippen LogP contribution is -2.31. The molecule has 0 heterocycles. The summed E-state index contributed by atoms with van der Waals surface area (Å²) in [5.41, 5.74) is 5.46. The van der Waals surface area contributed by atoms with E-state index in [2.05, 4.69) is 5.32 Å². The second kappa shape index (κ2) is 6.02. The molecule has 14 heavy (non-hydrogen) atoms. The Balaban J connectivity index is 1.97. The van der Waals surface area contributed by atoms with Crippen LogP contribution in [0.25, 0.3) is 0 Å². The first-order valence-electron chi connectivity index (χ1n) is 5.69. The van der Waals surface area contributed by atoms with Gasteiger partial charge < -0.3 is 11.1 Å². The highest BCUT2D eigenvalue weighted by Crippen LogP contribution is 2.30. The first kappa shape index (κ1) is 11.5. The maximum Gasteiger partial charge on any atom is 0.220 e. The summed E-state index contributed by atoms with van der Waals surface area (Å²) in [5, 5.41) is 2.92. The number of amides is 1. The summed E-state index contributed by atoms with van der Waals surface area (Å²) in [6, 6.07) is 0. The van der Waals surface area contributed by atoms with Crippen molar-refractivity contribution in [1.29, 1.82) is 0 Å². The molecule has 1 unspecified atom stereocenters. The number of nitrogens with two attached hydrogens (primary N) is 1. The monoisotopic (exact) mass is 198 g/mol. The van der Waals surface area contributed by atoms with E-state index in [0.29, 0.717) is 18.9 Å². The highest BCUT2D eigenvalue weighted by Gasteiger charge is 2.18. The molecule has 1 saturated carbocycles. The Bertz CT molecular complexity index is 167. The van der Waals surface area contributed by atoms with E-state index in [1.807, 2.05) is 6.92 Å². The van der Waals surface area contributed by atoms with Gasteiger partial charge in [-0.25, -0.2) is 0 Å². The fourth-order valence-electron chi connectivity index (χ4n) is 1.58. The van der Waals surface area contributed by atoms with Crippen molar-refractivity contribution in [2.24, 2.45) is 17.6 Å². The van der Waals surface area contributed by atoms with Crippen molar-refractivity contribution >= 4 is 5.91 Å². The fraction of sp³-hybridized carbons (Fsp3) is 0.909. The quantitative estimate of drug-likeness (QED) is 0.675. The van der Waals surface area contributed by atoms with Crippen LogP contribution in [0.15, 0.2) is 0 Å². The van der Waals surface area contributed by atoms with Gasteiger partial charge >= 0.3 is 0 Å². The third-order valence-corrected chi connectivity index (χ3v) is 3.05. The number of hydrogen-bond acceptors (Lipinski definition) is 2. The van der Waals surface area contributed by atoms with Gasteiger partial charge in [-0.1, -0.05) is 26.2 Å². The minimum atomic E-state index is 0.192. The highest BCUT2D eigenvalue weighted by atomic mass is 16.1. The Morgan fingerprint density at radius 3 is 2.79 bits per heavy atom. The third-order valence-electron chi connectivity index (χ3n) is 3.05. The first-order chi connectivity index (χ1) is 6.72. The smallest absolute Gasteiger partial charge is 0.220 e. The summed E-state index contributed by atoms with van der Waals surface area (Å²) in [4.78, 5) is 11.4. The van der Waals surface area contributed by atoms with Gasteiger partial charge in [0.05, 0.1) is 0 Å². The van der Waals surface area contributed by atoms with E-state index in [0.717, 1.165) is 18.9 Å². The Kier molecular flexibility index (Phi) is 4.94. The van der Waals surface area contributed by atoms with Gasteiger partial charge in [0.15, 0.2) is 0 Å². The van der Waals surface area contributed by atoms with Crippen LogP contribution >= 0.6 is 0 Å². The SMILES string of the molecule is CC(CN)CNC(=O)CCC1CCC1. The molecule has 1 rings (SSSR count). The zero-order chi connectivity index (χ0) is 10.4. The summed E-state index contributed by atoms with van der Waals surface area (Å²) < 4.78 is 0. The van der Waals surface area contributed by atoms with E-state index in [4.69, 9.17) is 5.73 Å². The molecule has 3 N–H and O–H groups in total. The van der Waals surface area contributed by atoms with E-state index in [9.17, 15) is 4.79 Å². The molecule has 1 aliphatic rings. The van der Waals surface area contributed by atoms with Crippen molar-refractivity contribution in [2.45, 2.75) is 39.0 Å². The average molecular weight is 198 g/mol. The van der Waals surface area contributed by atoms with Gasteiger partial charge in [0.2, 0.25) is 5.91 Å². The maximum absolute atomic E-state index is 11.4. The van der Waals surface area contributed by atoms with Crippen LogP contribution in [0.5, 0.6) is 0 Å². The number of rotatable bonds is 6. The van der Waals surface area contributed by atoms with Crippen LogP contribution in [-0.2, 0) is 4.79 Å². The molecule has 0 radical (unpaired) electrons. The zero-order valence-corrected chi connectivity index (χ0v) is 9.09. The minimum absolute atomic E-state index is 0.192. The summed E-state index contributed by atoms with van der Waals surface area (Å²) in [7, 11) is 0. The molecule has 1 aliphatic carbocycles. The molecule has 3 nitrogen and oxygen atoms in total. The van der Waals surface area contributed by atoms with Crippen LogP contribution in [0.4, 0.5) is 0 Å². The van der Waals surface area contributed by atoms with E-state index in [1.165, 1.54) is 19.3 Å². The lowest BCUT2D eigenvalue weighted by atomic mass is 9.82. The fourth-order valence-corrected chi connectivity index (χ4v) is 1.58. The van der Waals surface area contributed by atoms with Gasteiger partial charge in [0.1, 0.15) is 0 Å². The van der Waals surface area contributed by atoms with Crippen LogP contribution in [0.3, 0.4) is 0 Å². The van der Waals surface area contributed by atoms with E-state index in [-0.39, 0.29) is 5.91 Å². The minimum Gasteiger partial charge on any atom is -0.356 e. The summed E-state index contributed by atoms with van der Waals surface area (Å²) in [5.74, 6) is 1.41. The van der Waals surface area contributed by atoms with Crippen molar-refractivity contribution in [3.63, 3.8) is 0 Å². The van der Waals surface area contributed by atoms with Crippen LogP contribution < -0.4 is 11.1 Å². The number of nitrogens with one attached hydrogen (secondary N) is 1. The third kappa shape index (κ3) is 4.09. The van der Waals surface area contributed by atoms with Crippen LogP contribution in [0.1, 0.15) is 39.0 Å². The van der Waals surface area contributed by atoms with Gasteiger partial charge in [-0.15, -0.1) is 0 Å². The highest BCUT2D eigenvalue weighted by molar-refractivity contribution is 5.75. The molecule has 1 atom stereocenters. The van der Waals surface area contributed by atoms with Gasteiger partial charge in [-0.2, -0.15) is 0 Å². The van der Waals surface area contributed by atoms with E-state index < -0.39 is 0 Å². The van der Waals surface area contributed by atoms with E-state index >= 15 is 0 Å². The van der Waals surface area contributed by atoms with Crippen LogP contribution in [0, 0.1) is 11.8 Å². The normalized spacial score (nSPS) is 18.7. The van der Waals surface area contributed by atoms with Crippen LogP contribution in [0.2, 0.25) is 0 Å². The molecule has 0 aliphatic heterocycles. The predicted octanol–water partition coefficient (Wildman–Crippen LogP) is 1.28. The molecule has 0 aromatic rings. The first-order valence-corrected chi connectivity index (χ1v) is 5.69.